The molecule has 68 valence electrons. The van der Waals surface area contributed by atoms with E-state index in [9.17, 15) is 0 Å². The first-order valence-corrected chi connectivity index (χ1v) is 4.92. The third-order valence-corrected chi connectivity index (χ3v) is 2.46. The Morgan fingerprint density at radius 3 is 2.27 bits per heavy atom. The monoisotopic (exact) mass is 157 g/mol. The number of hydrogen-bond donors (Lipinski definition) is 0. The summed E-state index contributed by atoms with van der Waals surface area (Å²) in [6.45, 7) is 8.07. The highest BCUT2D eigenvalue weighted by atomic mass is 15.1. The minimum Gasteiger partial charge on any atom is -0.304 e. The lowest BCUT2D eigenvalue weighted by Crippen LogP contribution is -2.29. The molecule has 0 saturated heterocycles. The van der Waals surface area contributed by atoms with Crippen LogP contribution in [0.4, 0.5) is 0 Å². The zero-order valence-corrected chi connectivity index (χ0v) is 8.56. The first-order valence-electron chi connectivity index (χ1n) is 4.92. The molecular weight excluding hydrogens is 134 g/mol. The second-order valence-corrected chi connectivity index (χ2v) is 3.44. The molecule has 1 heteroatoms. The molecule has 1 atom stereocenters. The Morgan fingerprint density at radius 2 is 1.82 bits per heavy atom. The summed E-state index contributed by atoms with van der Waals surface area (Å²) in [4.78, 5) is 2.45. The van der Waals surface area contributed by atoms with Gasteiger partial charge in [-0.3, -0.25) is 0 Å². The largest absolute Gasteiger partial charge is 0.304 e. The van der Waals surface area contributed by atoms with Crippen molar-refractivity contribution in [1.29, 1.82) is 0 Å². The maximum atomic E-state index is 2.45. The van der Waals surface area contributed by atoms with Crippen molar-refractivity contribution in [2.45, 2.75) is 52.5 Å². The predicted molar refractivity (Wildman–Crippen MR) is 51.9 cm³/mol. The van der Waals surface area contributed by atoms with Gasteiger partial charge >= 0.3 is 0 Å². The van der Waals surface area contributed by atoms with E-state index in [1.807, 2.05) is 0 Å². The van der Waals surface area contributed by atoms with E-state index < -0.39 is 0 Å². The fraction of sp³-hybridized carbons (Fsp3) is 1.00. The molecule has 0 N–H and O–H groups in total. The van der Waals surface area contributed by atoms with Crippen molar-refractivity contribution in [1.82, 2.24) is 4.90 Å². The molecule has 0 saturated carbocycles. The molecule has 0 amide bonds. The molecule has 0 heterocycles. The lowest BCUT2D eigenvalue weighted by Gasteiger charge is -2.23. The van der Waals surface area contributed by atoms with E-state index >= 15 is 0 Å². The molecule has 11 heavy (non-hydrogen) atoms. The molecule has 0 spiro atoms. The molecule has 0 aromatic carbocycles. The van der Waals surface area contributed by atoms with Gasteiger partial charge in [-0.05, 0) is 33.4 Å². The molecule has 0 rings (SSSR count). The van der Waals surface area contributed by atoms with Crippen LogP contribution in [0.25, 0.3) is 0 Å². The summed E-state index contributed by atoms with van der Waals surface area (Å²) in [7, 11) is 2.23. The van der Waals surface area contributed by atoms with E-state index in [1.54, 1.807) is 0 Å². The normalized spacial score (nSPS) is 13.9. The number of nitrogens with zero attached hydrogens (tertiary/aromatic N) is 1. The van der Waals surface area contributed by atoms with E-state index in [1.165, 1.54) is 32.2 Å². The first-order chi connectivity index (χ1) is 5.22. The minimum absolute atomic E-state index is 0.756. The lowest BCUT2D eigenvalue weighted by molar-refractivity contribution is 0.247. The number of hydrogen-bond acceptors (Lipinski definition) is 1. The van der Waals surface area contributed by atoms with Crippen molar-refractivity contribution in [2.24, 2.45) is 0 Å². The van der Waals surface area contributed by atoms with Gasteiger partial charge < -0.3 is 4.90 Å². The topological polar surface area (TPSA) is 3.24 Å². The average molecular weight is 157 g/mol. The van der Waals surface area contributed by atoms with Crippen LogP contribution in [0.1, 0.15) is 46.5 Å². The number of rotatable bonds is 6. The van der Waals surface area contributed by atoms with Crippen LogP contribution in [0, 0.1) is 0 Å². The van der Waals surface area contributed by atoms with Gasteiger partial charge in [-0.2, -0.15) is 0 Å². The van der Waals surface area contributed by atoms with E-state index in [2.05, 4.69) is 32.7 Å². The van der Waals surface area contributed by atoms with Gasteiger partial charge in [0.2, 0.25) is 0 Å². The Morgan fingerprint density at radius 1 is 1.18 bits per heavy atom. The van der Waals surface area contributed by atoms with Crippen molar-refractivity contribution in [2.75, 3.05) is 13.6 Å². The van der Waals surface area contributed by atoms with Crippen molar-refractivity contribution >= 4 is 0 Å². The van der Waals surface area contributed by atoms with Gasteiger partial charge in [0.15, 0.2) is 0 Å². The first kappa shape index (κ1) is 11.0. The Labute approximate surface area is 71.8 Å². The summed E-state index contributed by atoms with van der Waals surface area (Å²) < 4.78 is 0. The summed E-state index contributed by atoms with van der Waals surface area (Å²) in [5.41, 5.74) is 0. The Hall–Kier alpha value is -0.0400. The molecule has 0 aliphatic rings. The van der Waals surface area contributed by atoms with Gasteiger partial charge in [0.25, 0.3) is 0 Å². The molecule has 0 aromatic heterocycles. The average Bonchev–Trinajstić information content (AvgIpc) is 2.03. The highest BCUT2D eigenvalue weighted by Crippen LogP contribution is 2.02. The molecule has 0 bridgehead atoms. The summed E-state index contributed by atoms with van der Waals surface area (Å²) in [5.74, 6) is 0. The van der Waals surface area contributed by atoms with Crippen LogP contribution in [-0.4, -0.2) is 24.5 Å². The van der Waals surface area contributed by atoms with E-state index in [0.29, 0.717) is 0 Å². The fourth-order valence-electron chi connectivity index (χ4n) is 1.14. The van der Waals surface area contributed by atoms with Gasteiger partial charge in [-0.25, -0.2) is 0 Å². The molecule has 1 nitrogen and oxygen atoms in total. The standard InChI is InChI=1S/C10H23N/c1-5-7-8-9-11(4)10(3)6-2/h10H,5-9H2,1-4H3/t10-/m0/s1. The molecule has 0 aromatic rings. The van der Waals surface area contributed by atoms with Crippen LogP contribution in [0.3, 0.4) is 0 Å². The van der Waals surface area contributed by atoms with Gasteiger partial charge in [0, 0.05) is 6.04 Å². The molecule has 0 unspecified atom stereocenters. The second-order valence-electron chi connectivity index (χ2n) is 3.44. The summed E-state index contributed by atoms with van der Waals surface area (Å²) >= 11 is 0. The van der Waals surface area contributed by atoms with Crippen molar-refractivity contribution < 1.29 is 0 Å². The van der Waals surface area contributed by atoms with Gasteiger partial charge in [0.1, 0.15) is 0 Å². The Balaban J connectivity index is 3.28. The Kier molecular flexibility index (Phi) is 6.63. The zero-order chi connectivity index (χ0) is 8.69. The van der Waals surface area contributed by atoms with Crippen molar-refractivity contribution in [3.8, 4) is 0 Å². The predicted octanol–water partition coefficient (Wildman–Crippen LogP) is 2.91. The van der Waals surface area contributed by atoms with Crippen LogP contribution in [-0.2, 0) is 0 Å². The maximum absolute atomic E-state index is 2.45. The van der Waals surface area contributed by atoms with Crippen LogP contribution >= 0.6 is 0 Å². The molecular formula is C10H23N. The van der Waals surface area contributed by atoms with Crippen LogP contribution in [0.2, 0.25) is 0 Å². The smallest absolute Gasteiger partial charge is 0.00612 e. The van der Waals surface area contributed by atoms with E-state index in [4.69, 9.17) is 0 Å². The highest BCUT2D eigenvalue weighted by Gasteiger charge is 2.04. The van der Waals surface area contributed by atoms with E-state index in [0.717, 1.165) is 6.04 Å². The van der Waals surface area contributed by atoms with Gasteiger partial charge in [0.05, 0.1) is 0 Å². The molecule has 0 radical (unpaired) electrons. The van der Waals surface area contributed by atoms with Crippen LogP contribution in [0.5, 0.6) is 0 Å². The molecule has 0 fully saturated rings. The fourth-order valence-corrected chi connectivity index (χ4v) is 1.14. The summed E-state index contributed by atoms with van der Waals surface area (Å²) in [6, 6.07) is 0.756. The van der Waals surface area contributed by atoms with Gasteiger partial charge in [-0.15, -0.1) is 0 Å². The van der Waals surface area contributed by atoms with Crippen LogP contribution < -0.4 is 0 Å². The van der Waals surface area contributed by atoms with Crippen LogP contribution in [0.15, 0.2) is 0 Å². The summed E-state index contributed by atoms with van der Waals surface area (Å²) in [6.07, 6.45) is 5.33. The lowest BCUT2D eigenvalue weighted by atomic mass is 10.2. The third-order valence-electron chi connectivity index (χ3n) is 2.46. The number of unbranched alkanes of at least 4 members (excludes halogenated alkanes) is 2. The second kappa shape index (κ2) is 6.66. The molecule has 0 aliphatic heterocycles. The quantitative estimate of drug-likeness (QED) is 0.536. The van der Waals surface area contributed by atoms with Crippen molar-refractivity contribution in [3.63, 3.8) is 0 Å². The van der Waals surface area contributed by atoms with Gasteiger partial charge in [-0.1, -0.05) is 26.7 Å². The summed E-state index contributed by atoms with van der Waals surface area (Å²) in [5, 5.41) is 0. The van der Waals surface area contributed by atoms with Crippen molar-refractivity contribution in [3.05, 3.63) is 0 Å². The van der Waals surface area contributed by atoms with E-state index in [-0.39, 0.29) is 0 Å². The third kappa shape index (κ3) is 5.25. The Bertz CT molecular complexity index is 80.9. The molecule has 0 aliphatic carbocycles. The maximum Gasteiger partial charge on any atom is 0.00612 e. The minimum atomic E-state index is 0.756. The zero-order valence-electron chi connectivity index (χ0n) is 8.56. The SMILES string of the molecule is CCCCCN(C)[C@@H](C)CC. The highest BCUT2D eigenvalue weighted by molar-refractivity contribution is 4.60.